The van der Waals surface area contributed by atoms with Gasteiger partial charge in [0.05, 0.1) is 0 Å². The van der Waals surface area contributed by atoms with E-state index >= 15 is 0 Å². The summed E-state index contributed by atoms with van der Waals surface area (Å²) in [6.07, 6.45) is 1.06. The van der Waals surface area contributed by atoms with Gasteiger partial charge >= 0.3 is 0 Å². The summed E-state index contributed by atoms with van der Waals surface area (Å²) < 4.78 is 6.82. The zero-order valence-electron chi connectivity index (χ0n) is 8.50. The molecule has 0 fully saturated rings. The molecule has 2 unspecified atom stereocenters. The molecule has 0 amide bonds. The number of halogens is 1. The Bertz CT molecular complexity index is 275. The average molecular weight is 278 g/mol. The molecule has 2 nitrogen and oxygen atoms in total. The minimum absolute atomic E-state index is 0.0336. The van der Waals surface area contributed by atoms with Crippen molar-refractivity contribution in [3.8, 4) is 0 Å². The lowest BCUT2D eigenvalue weighted by molar-refractivity contribution is 0.0411. The Labute approximate surface area is 97.6 Å². The second kappa shape index (κ2) is 5.85. The number of hydrogen-bond donors (Lipinski definition) is 1. The molecule has 0 saturated heterocycles. The molecule has 0 saturated carbocycles. The van der Waals surface area contributed by atoms with Gasteiger partial charge in [-0.25, -0.2) is 0 Å². The number of rotatable bonds is 5. The highest BCUT2D eigenvalue weighted by Gasteiger charge is 2.18. The van der Waals surface area contributed by atoms with Gasteiger partial charge in [-0.1, -0.05) is 6.92 Å². The van der Waals surface area contributed by atoms with Crippen LogP contribution in [-0.2, 0) is 4.74 Å². The summed E-state index contributed by atoms with van der Waals surface area (Å²) in [5.41, 5.74) is 5.89. The van der Waals surface area contributed by atoms with E-state index in [1.165, 1.54) is 4.88 Å². The van der Waals surface area contributed by atoms with Crippen LogP contribution >= 0.6 is 27.3 Å². The van der Waals surface area contributed by atoms with Crippen LogP contribution in [0.4, 0.5) is 0 Å². The minimum Gasteiger partial charge on any atom is -0.371 e. The summed E-state index contributed by atoms with van der Waals surface area (Å²) in [5, 5.41) is 2.06. The molecule has 0 aromatic carbocycles. The molecule has 2 N–H and O–H groups in total. The Balaban J connectivity index is 2.67. The van der Waals surface area contributed by atoms with Crippen molar-refractivity contribution >= 4 is 27.3 Å². The summed E-state index contributed by atoms with van der Waals surface area (Å²) in [6.45, 7) is 4.85. The first-order valence-electron chi connectivity index (χ1n) is 4.76. The molecular weight excluding hydrogens is 262 g/mol. The van der Waals surface area contributed by atoms with Gasteiger partial charge in [-0.3, -0.25) is 0 Å². The second-order valence-electron chi connectivity index (χ2n) is 3.32. The standard InChI is InChI=1S/C10H16BrNOS/c1-3-4-13-10(7(2)12)9-5-8(11)6-14-9/h5-7,10H,3-4,12H2,1-2H3. The first-order chi connectivity index (χ1) is 6.65. The van der Waals surface area contributed by atoms with E-state index in [2.05, 4.69) is 34.3 Å². The molecule has 1 aromatic heterocycles. The van der Waals surface area contributed by atoms with Crippen molar-refractivity contribution in [2.75, 3.05) is 6.61 Å². The van der Waals surface area contributed by atoms with Crippen molar-refractivity contribution in [3.63, 3.8) is 0 Å². The van der Waals surface area contributed by atoms with E-state index in [9.17, 15) is 0 Å². The number of hydrogen-bond acceptors (Lipinski definition) is 3. The molecule has 2 atom stereocenters. The quantitative estimate of drug-likeness (QED) is 0.896. The zero-order chi connectivity index (χ0) is 10.6. The van der Waals surface area contributed by atoms with E-state index in [-0.39, 0.29) is 12.1 Å². The van der Waals surface area contributed by atoms with Crippen molar-refractivity contribution in [1.29, 1.82) is 0 Å². The second-order valence-corrected chi connectivity index (χ2v) is 5.18. The van der Waals surface area contributed by atoms with Crippen molar-refractivity contribution in [2.45, 2.75) is 32.4 Å². The van der Waals surface area contributed by atoms with Crippen molar-refractivity contribution in [2.24, 2.45) is 5.73 Å². The topological polar surface area (TPSA) is 35.2 Å². The summed E-state index contributed by atoms with van der Waals surface area (Å²) in [5.74, 6) is 0. The van der Waals surface area contributed by atoms with Gasteiger partial charge in [0, 0.05) is 27.4 Å². The summed E-state index contributed by atoms with van der Waals surface area (Å²) >= 11 is 5.12. The van der Waals surface area contributed by atoms with Crippen molar-refractivity contribution in [3.05, 3.63) is 20.8 Å². The van der Waals surface area contributed by atoms with Crippen molar-refractivity contribution in [1.82, 2.24) is 0 Å². The Kier molecular flexibility index (Phi) is 5.09. The first kappa shape index (κ1) is 12.2. The van der Waals surface area contributed by atoms with E-state index < -0.39 is 0 Å². The molecule has 0 radical (unpaired) electrons. The molecule has 4 heteroatoms. The van der Waals surface area contributed by atoms with E-state index in [1.54, 1.807) is 11.3 Å². The molecule has 1 rings (SSSR count). The van der Waals surface area contributed by atoms with Gasteiger partial charge in [0.1, 0.15) is 6.10 Å². The van der Waals surface area contributed by atoms with E-state index in [0.29, 0.717) is 0 Å². The fourth-order valence-corrected chi connectivity index (χ4v) is 2.82. The Morgan fingerprint density at radius 1 is 1.64 bits per heavy atom. The van der Waals surface area contributed by atoms with E-state index in [0.717, 1.165) is 17.5 Å². The lowest BCUT2D eigenvalue weighted by atomic mass is 10.1. The van der Waals surface area contributed by atoms with Crippen LogP contribution < -0.4 is 5.73 Å². The average Bonchev–Trinajstić information content (AvgIpc) is 2.52. The van der Waals surface area contributed by atoms with Gasteiger partial charge in [0.15, 0.2) is 0 Å². The normalized spacial score (nSPS) is 15.4. The third-order valence-electron chi connectivity index (χ3n) is 1.85. The molecule has 80 valence electrons. The molecule has 0 bridgehead atoms. The molecule has 14 heavy (non-hydrogen) atoms. The van der Waals surface area contributed by atoms with E-state index in [4.69, 9.17) is 10.5 Å². The van der Waals surface area contributed by atoms with Gasteiger partial charge in [-0.05, 0) is 35.3 Å². The Hall–Kier alpha value is 0.1000. The number of thiophene rings is 1. The SMILES string of the molecule is CCCOC(c1cc(Br)cs1)C(C)N. The molecule has 0 spiro atoms. The molecule has 0 aliphatic rings. The lowest BCUT2D eigenvalue weighted by Gasteiger charge is -2.19. The summed E-state index contributed by atoms with van der Waals surface area (Å²) in [4.78, 5) is 1.19. The molecule has 0 aliphatic heterocycles. The third kappa shape index (κ3) is 3.35. The van der Waals surface area contributed by atoms with Crippen LogP contribution in [0.1, 0.15) is 31.2 Å². The monoisotopic (exact) mass is 277 g/mol. The number of nitrogens with two attached hydrogens (primary N) is 1. The smallest absolute Gasteiger partial charge is 0.106 e. The predicted molar refractivity (Wildman–Crippen MR) is 64.7 cm³/mol. The van der Waals surface area contributed by atoms with Gasteiger partial charge in [0.25, 0.3) is 0 Å². The van der Waals surface area contributed by atoms with Gasteiger partial charge < -0.3 is 10.5 Å². The van der Waals surface area contributed by atoms with Crippen LogP contribution in [0, 0.1) is 0 Å². The highest BCUT2D eigenvalue weighted by molar-refractivity contribution is 9.10. The van der Waals surface area contributed by atoms with Crippen LogP contribution in [-0.4, -0.2) is 12.6 Å². The maximum absolute atomic E-state index is 5.89. The Morgan fingerprint density at radius 2 is 2.36 bits per heavy atom. The first-order valence-corrected chi connectivity index (χ1v) is 6.43. The maximum Gasteiger partial charge on any atom is 0.106 e. The predicted octanol–water partition coefficient (Wildman–Crippen LogP) is 3.33. The number of ether oxygens (including phenoxy) is 1. The van der Waals surface area contributed by atoms with Crippen LogP contribution in [0.2, 0.25) is 0 Å². The Morgan fingerprint density at radius 3 is 2.79 bits per heavy atom. The van der Waals surface area contributed by atoms with Crippen molar-refractivity contribution < 1.29 is 4.74 Å². The van der Waals surface area contributed by atoms with Gasteiger partial charge in [-0.2, -0.15) is 0 Å². The molecule has 1 aromatic rings. The van der Waals surface area contributed by atoms with E-state index in [1.807, 2.05) is 6.92 Å². The maximum atomic E-state index is 5.89. The van der Waals surface area contributed by atoms with Crippen LogP contribution in [0.5, 0.6) is 0 Å². The fourth-order valence-electron chi connectivity index (χ4n) is 1.22. The summed E-state index contributed by atoms with van der Waals surface area (Å²) in [7, 11) is 0. The van der Waals surface area contributed by atoms with Crippen LogP contribution in [0.25, 0.3) is 0 Å². The molecule has 0 aliphatic carbocycles. The van der Waals surface area contributed by atoms with Gasteiger partial charge in [-0.15, -0.1) is 11.3 Å². The largest absolute Gasteiger partial charge is 0.371 e. The fraction of sp³-hybridized carbons (Fsp3) is 0.600. The van der Waals surface area contributed by atoms with Crippen LogP contribution in [0.3, 0.4) is 0 Å². The zero-order valence-corrected chi connectivity index (χ0v) is 10.9. The highest BCUT2D eigenvalue weighted by atomic mass is 79.9. The van der Waals surface area contributed by atoms with Crippen LogP contribution in [0.15, 0.2) is 15.9 Å². The highest BCUT2D eigenvalue weighted by Crippen LogP contribution is 2.29. The molecular formula is C10H16BrNOS. The summed E-state index contributed by atoms with van der Waals surface area (Å²) in [6, 6.07) is 2.11. The minimum atomic E-state index is 0.0336. The van der Waals surface area contributed by atoms with Gasteiger partial charge in [0.2, 0.25) is 0 Å². The molecule has 1 heterocycles. The third-order valence-corrected chi connectivity index (χ3v) is 3.60. The lowest BCUT2D eigenvalue weighted by Crippen LogP contribution is -2.26.